The van der Waals surface area contributed by atoms with Crippen LogP contribution >= 0.6 is 0 Å². The molecule has 0 saturated heterocycles. The van der Waals surface area contributed by atoms with Crippen LogP contribution in [-0.4, -0.2) is 47.7 Å². The van der Waals surface area contributed by atoms with Gasteiger partial charge in [0.15, 0.2) is 0 Å². The molecule has 4 nitrogen and oxygen atoms in total. The fourth-order valence-corrected chi connectivity index (χ4v) is 1.03. The molecule has 0 aromatic heterocycles. The van der Waals surface area contributed by atoms with Crippen molar-refractivity contribution in [3.8, 4) is 0 Å². The van der Waals surface area contributed by atoms with Gasteiger partial charge in [-0.3, -0.25) is 0 Å². The van der Waals surface area contributed by atoms with Crippen LogP contribution in [0.1, 0.15) is 20.3 Å². The van der Waals surface area contributed by atoms with E-state index in [2.05, 4.69) is 5.32 Å². The van der Waals surface area contributed by atoms with E-state index in [1.165, 1.54) is 0 Å². The van der Waals surface area contributed by atoms with Gasteiger partial charge in [0.05, 0.1) is 12.7 Å². The van der Waals surface area contributed by atoms with Crippen LogP contribution in [0.25, 0.3) is 0 Å². The Morgan fingerprint density at radius 1 is 1.31 bits per heavy atom. The van der Waals surface area contributed by atoms with E-state index in [0.717, 1.165) is 13.0 Å². The molecule has 0 amide bonds. The first-order valence-electron chi connectivity index (χ1n) is 4.62. The summed E-state index contributed by atoms with van der Waals surface area (Å²) in [5.74, 6) is 0. The third kappa shape index (κ3) is 6.95. The Morgan fingerprint density at radius 2 is 1.92 bits per heavy atom. The Kier molecular flexibility index (Phi) is 6.24. The van der Waals surface area contributed by atoms with Gasteiger partial charge in [-0.1, -0.05) is 13.8 Å². The molecule has 0 aliphatic heterocycles. The molecule has 0 bridgehead atoms. The highest BCUT2D eigenvalue weighted by Crippen LogP contribution is 2.17. The van der Waals surface area contributed by atoms with Crippen molar-refractivity contribution in [2.45, 2.75) is 26.4 Å². The maximum absolute atomic E-state index is 9.02. The number of rotatable bonds is 7. The van der Waals surface area contributed by atoms with Gasteiger partial charge < -0.3 is 20.6 Å². The molecule has 0 aromatic rings. The van der Waals surface area contributed by atoms with Gasteiger partial charge in [-0.05, 0) is 11.8 Å². The molecule has 0 aliphatic carbocycles. The van der Waals surface area contributed by atoms with Gasteiger partial charge in [0.2, 0.25) is 0 Å². The first-order chi connectivity index (χ1) is 6.02. The van der Waals surface area contributed by atoms with Crippen LogP contribution in [0, 0.1) is 5.41 Å². The summed E-state index contributed by atoms with van der Waals surface area (Å²) in [6.07, 6.45) is 0.0415. The van der Waals surface area contributed by atoms with Crippen LogP contribution in [0.4, 0.5) is 0 Å². The molecule has 80 valence electrons. The minimum Gasteiger partial charge on any atom is -0.396 e. The van der Waals surface area contributed by atoms with Gasteiger partial charge in [-0.15, -0.1) is 0 Å². The highest BCUT2D eigenvalue weighted by atomic mass is 16.3. The minimum absolute atomic E-state index is 0.0317. The second-order valence-corrected chi connectivity index (χ2v) is 4.11. The highest BCUT2D eigenvalue weighted by Gasteiger charge is 2.16. The summed E-state index contributed by atoms with van der Waals surface area (Å²) >= 11 is 0. The first-order valence-corrected chi connectivity index (χ1v) is 4.62. The van der Waals surface area contributed by atoms with E-state index in [1.54, 1.807) is 0 Å². The van der Waals surface area contributed by atoms with E-state index in [-0.39, 0.29) is 18.6 Å². The third-order valence-corrected chi connectivity index (χ3v) is 1.98. The van der Waals surface area contributed by atoms with Crippen LogP contribution < -0.4 is 5.32 Å². The van der Waals surface area contributed by atoms with Gasteiger partial charge in [0, 0.05) is 19.7 Å². The zero-order valence-corrected chi connectivity index (χ0v) is 8.45. The number of aliphatic hydroxyl groups is 3. The smallest absolute Gasteiger partial charge is 0.0894 e. The van der Waals surface area contributed by atoms with Crippen molar-refractivity contribution >= 4 is 0 Å². The Labute approximate surface area is 79.6 Å². The van der Waals surface area contributed by atoms with Crippen LogP contribution in [0.2, 0.25) is 0 Å². The molecule has 13 heavy (non-hydrogen) atoms. The SMILES string of the molecule is CC(C)(CCO)CNCC(O)CO. The average molecular weight is 191 g/mol. The average Bonchev–Trinajstić information content (AvgIpc) is 2.03. The number of aliphatic hydroxyl groups excluding tert-OH is 3. The Hall–Kier alpha value is -0.160. The van der Waals surface area contributed by atoms with E-state index in [9.17, 15) is 0 Å². The maximum atomic E-state index is 9.02. The Bertz CT molecular complexity index is 128. The van der Waals surface area contributed by atoms with Gasteiger partial charge in [-0.2, -0.15) is 0 Å². The Balaban J connectivity index is 3.50. The predicted octanol–water partition coefficient (Wildman–Crippen LogP) is -0.662. The summed E-state index contributed by atoms with van der Waals surface area (Å²) in [5.41, 5.74) is 0.0317. The van der Waals surface area contributed by atoms with Gasteiger partial charge >= 0.3 is 0 Å². The second kappa shape index (κ2) is 6.32. The van der Waals surface area contributed by atoms with E-state index in [0.29, 0.717) is 6.54 Å². The fraction of sp³-hybridized carbons (Fsp3) is 1.00. The van der Waals surface area contributed by atoms with Crippen molar-refractivity contribution in [2.75, 3.05) is 26.3 Å². The summed E-state index contributed by atoms with van der Waals surface area (Å²) in [6, 6.07) is 0. The Morgan fingerprint density at radius 3 is 2.38 bits per heavy atom. The fourth-order valence-electron chi connectivity index (χ4n) is 1.03. The zero-order chi connectivity index (χ0) is 10.3. The second-order valence-electron chi connectivity index (χ2n) is 4.11. The first kappa shape index (κ1) is 12.8. The van der Waals surface area contributed by atoms with Crippen molar-refractivity contribution in [3.05, 3.63) is 0 Å². The lowest BCUT2D eigenvalue weighted by atomic mass is 9.90. The largest absolute Gasteiger partial charge is 0.396 e. The van der Waals surface area contributed by atoms with Gasteiger partial charge in [0.25, 0.3) is 0 Å². The molecule has 1 unspecified atom stereocenters. The van der Waals surface area contributed by atoms with Crippen molar-refractivity contribution in [2.24, 2.45) is 5.41 Å². The number of hydrogen-bond acceptors (Lipinski definition) is 4. The number of hydrogen-bond donors (Lipinski definition) is 4. The molecule has 0 heterocycles. The molecule has 0 radical (unpaired) electrons. The van der Waals surface area contributed by atoms with E-state index >= 15 is 0 Å². The van der Waals surface area contributed by atoms with Gasteiger partial charge in [0.1, 0.15) is 0 Å². The lowest BCUT2D eigenvalue weighted by Gasteiger charge is -2.24. The molecule has 0 fully saturated rings. The van der Waals surface area contributed by atoms with E-state index in [4.69, 9.17) is 15.3 Å². The highest BCUT2D eigenvalue weighted by molar-refractivity contribution is 4.72. The molecule has 4 N–H and O–H groups in total. The lowest BCUT2D eigenvalue weighted by molar-refractivity contribution is 0.0909. The standard InChI is InChI=1S/C9H21NO3/c1-9(2,3-4-11)7-10-5-8(13)6-12/h8,10-13H,3-7H2,1-2H3. The molecule has 0 aliphatic rings. The maximum Gasteiger partial charge on any atom is 0.0894 e. The lowest BCUT2D eigenvalue weighted by Crippen LogP contribution is -2.36. The van der Waals surface area contributed by atoms with E-state index in [1.807, 2.05) is 13.8 Å². The summed E-state index contributed by atoms with van der Waals surface area (Å²) in [5, 5.41) is 29.3. The molecule has 1 atom stereocenters. The molecular formula is C9H21NO3. The quantitative estimate of drug-likeness (QED) is 0.431. The summed E-state index contributed by atoms with van der Waals surface area (Å²) in [7, 11) is 0. The van der Waals surface area contributed by atoms with Crippen LogP contribution in [-0.2, 0) is 0 Å². The van der Waals surface area contributed by atoms with E-state index < -0.39 is 6.10 Å². The van der Waals surface area contributed by atoms with Crippen LogP contribution in [0.5, 0.6) is 0 Å². The van der Waals surface area contributed by atoms with Crippen molar-refractivity contribution in [1.82, 2.24) is 5.32 Å². The zero-order valence-electron chi connectivity index (χ0n) is 8.45. The summed E-state index contributed by atoms with van der Waals surface area (Å²) in [6.45, 7) is 5.17. The van der Waals surface area contributed by atoms with Crippen LogP contribution in [0.15, 0.2) is 0 Å². The monoisotopic (exact) mass is 191 g/mol. The molecule has 0 aromatic carbocycles. The van der Waals surface area contributed by atoms with Gasteiger partial charge in [-0.25, -0.2) is 0 Å². The van der Waals surface area contributed by atoms with Crippen LogP contribution in [0.3, 0.4) is 0 Å². The topological polar surface area (TPSA) is 72.7 Å². The normalized spacial score (nSPS) is 14.5. The molecular weight excluding hydrogens is 170 g/mol. The van der Waals surface area contributed by atoms with Crippen molar-refractivity contribution in [3.63, 3.8) is 0 Å². The summed E-state index contributed by atoms with van der Waals surface area (Å²) < 4.78 is 0. The van der Waals surface area contributed by atoms with Crippen molar-refractivity contribution in [1.29, 1.82) is 0 Å². The molecule has 4 heteroatoms. The minimum atomic E-state index is -0.690. The molecule has 0 rings (SSSR count). The third-order valence-electron chi connectivity index (χ3n) is 1.98. The summed E-state index contributed by atoms with van der Waals surface area (Å²) in [4.78, 5) is 0. The molecule has 0 spiro atoms. The predicted molar refractivity (Wildman–Crippen MR) is 51.4 cm³/mol. The van der Waals surface area contributed by atoms with Crippen molar-refractivity contribution < 1.29 is 15.3 Å². The number of nitrogens with one attached hydrogen (secondary N) is 1. The molecule has 0 saturated carbocycles.